The Kier molecular flexibility index (Phi) is 6.07. The number of halogens is 2. The van der Waals surface area contributed by atoms with E-state index in [2.05, 4.69) is 38.5 Å². The number of ether oxygens (including phenoxy) is 1. The maximum atomic E-state index is 11.8. The molecule has 0 aromatic heterocycles. The van der Waals surface area contributed by atoms with Gasteiger partial charge in [-0.2, -0.15) is 0 Å². The molecule has 0 N–H and O–H groups in total. The van der Waals surface area contributed by atoms with Crippen LogP contribution in [0.3, 0.4) is 0 Å². The Morgan fingerprint density at radius 2 is 2.06 bits per heavy atom. The molecule has 0 saturated heterocycles. The third-order valence-electron chi connectivity index (χ3n) is 2.20. The molecule has 0 bridgehead atoms. The molecule has 0 aliphatic carbocycles. The summed E-state index contributed by atoms with van der Waals surface area (Å²) in [7, 11) is 3.33. The summed E-state index contributed by atoms with van der Waals surface area (Å²) in [5.41, 5.74) is 0.471. The van der Waals surface area contributed by atoms with Crippen LogP contribution in [0.25, 0.3) is 0 Å². The van der Waals surface area contributed by atoms with E-state index in [1.807, 2.05) is 6.07 Å². The lowest BCUT2D eigenvalue weighted by molar-refractivity contribution is -0.129. The maximum Gasteiger partial charge on any atom is 0.339 e. The first-order valence-electron chi connectivity index (χ1n) is 5.24. The molecule has 18 heavy (non-hydrogen) atoms. The van der Waals surface area contributed by atoms with E-state index >= 15 is 0 Å². The number of esters is 1. The van der Waals surface area contributed by atoms with Crippen molar-refractivity contribution in [2.75, 3.05) is 20.7 Å². The van der Waals surface area contributed by atoms with Gasteiger partial charge in [0.1, 0.15) is 6.61 Å². The molecule has 0 aliphatic rings. The lowest BCUT2D eigenvalue weighted by Gasteiger charge is -2.10. The van der Waals surface area contributed by atoms with Gasteiger partial charge in [-0.1, -0.05) is 0 Å². The van der Waals surface area contributed by atoms with Gasteiger partial charge in [-0.05, 0) is 56.7 Å². The highest BCUT2D eigenvalue weighted by molar-refractivity contribution is 14.1. The molecule has 0 fully saturated rings. The van der Waals surface area contributed by atoms with Crippen LogP contribution in [0.1, 0.15) is 16.8 Å². The molecule has 1 aromatic rings. The van der Waals surface area contributed by atoms with E-state index in [1.165, 1.54) is 4.90 Å². The summed E-state index contributed by atoms with van der Waals surface area (Å²) in [5, 5.41) is 0. The summed E-state index contributed by atoms with van der Waals surface area (Å²) in [6, 6.07) is 5.42. The van der Waals surface area contributed by atoms with E-state index in [-0.39, 0.29) is 18.9 Å². The number of hydrogen-bond acceptors (Lipinski definition) is 3. The molecule has 0 unspecified atom stereocenters. The predicted molar refractivity (Wildman–Crippen MR) is 80.5 cm³/mol. The Morgan fingerprint density at radius 1 is 1.39 bits per heavy atom. The molecule has 1 rings (SSSR count). The molecule has 6 heteroatoms. The van der Waals surface area contributed by atoms with Crippen molar-refractivity contribution in [3.8, 4) is 0 Å². The zero-order valence-electron chi connectivity index (χ0n) is 10.1. The maximum absolute atomic E-state index is 11.8. The molecule has 0 spiro atoms. The molecule has 0 radical (unpaired) electrons. The fraction of sp³-hybridized carbons (Fsp3) is 0.333. The SMILES string of the molecule is CN(C)C(=O)CCOC(=O)c1cc(I)ccc1Br. The van der Waals surface area contributed by atoms with Crippen LogP contribution in [0.4, 0.5) is 0 Å². The van der Waals surface area contributed by atoms with Crippen LogP contribution >= 0.6 is 38.5 Å². The van der Waals surface area contributed by atoms with Gasteiger partial charge in [-0.15, -0.1) is 0 Å². The van der Waals surface area contributed by atoms with Gasteiger partial charge in [0.15, 0.2) is 0 Å². The Balaban J connectivity index is 2.56. The van der Waals surface area contributed by atoms with Crippen molar-refractivity contribution in [1.82, 2.24) is 4.90 Å². The van der Waals surface area contributed by atoms with Crippen LogP contribution in [-0.4, -0.2) is 37.5 Å². The summed E-state index contributed by atoms with van der Waals surface area (Å²) in [6.45, 7) is 0.0910. The minimum Gasteiger partial charge on any atom is -0.462 e. The molecule has 0 heterocycles. The second-order valence-corrected chi connectivity index (χ2v) is 5.90. The summed E-state index contributed by atoms with van der Waals surface area (Å²) >= 11 is 5.42. The largest absolute Gasteiger partial charge is 0.462 e. The third-order valence-corrected chi connectivity index (χ3v) is 3.56. The highest BCUT2D eigenvalue weighted by Crippen LogP contribution is 2.20. The fourth-order valence-corrected chi connectivity index (χ4v) is 2.09. The highest BCUT2D eigenvalue weighted by Gasteiger charge is 2.13. The second-order valence-electron chi connectivity index (χ2n) is 3.80. The monoisotopic (exact) mass is 425 g/mol. The minimum absolute atomic E-state index is 0.0653. The third kappa shape index (κ3) is 4.56. The van der Waals surface area contributed by atoms with Crippen molar-refractivity contribution in [3.05, 3.63) is 31.8 Å². The van der Waals surface area contributed by atoms with Crippen molar-refractivity contribution in [2.45, 2.75) is 6.42 Å². The van der Waals surface area contributed by atoms with Crippen molar-refractivity contribution in [2.24, 2.45) is 0 Å². The number of amides is 1. The zero-order chi connectivity index (χ0) is 13.7. The molecular formula is C12H13BrINO3. The van der Waals surface area contributed by atoms with Crippen LogP contribution in [0.2, 0.25) is 0 Å². The lowest BCUT2D eigenvalue weighted by atomic mass is 10.2. The molecule has 0 saturated carbocycles. The zero-order valence-corrected chi connectivity index (χ0v) is 13.8. The first kappa shape index (κ1) is 15.4. The number of nitrogens with zero attached hydrogens (tertiary/aromatic N) is 1. The van der Waals surface area contributed by atoms with Gasteiger partial charge in [0.05, 0.1) is 12.0 Å². The molecule has 98 valence electrons. The number of benzene rings is 1. The van der Waals surface area contributed by atoms with E-state index in [0.29, 0.717) is 10.0 Å². The Labute approximate surface area is 128 Å². The van der Waals surface area contributed by atoms with Crippen LogP contribution in [0.15, 0.2) is 22.7 Å². The number of rotatable bonds is 4. The van der Waals surface area contributed by atoms with Crippen LogP contribution in [0.5, 0.6) is 0 Å². The number of hydrogen-bond donors (Lipinski definition) is 0. The summed E-state index contributed by atoms with van der Waals surface area (Å²) in [6.07, 6.45) is 0.195. The summed E-state index contributed by atoms with van der Waals surface area (Å²) in [5.74, 6) is -0.489. The first-order valence-corrected chi connectivity index (χ1v) is 7.11. The molecule has 0 aliphatic heterocycles. The Hall–Kier alpha value is -0.630. The fourth-order valence-electron chi connectivity index (χ4n) is 1.19. The van der Waals surface area contributed by atoms with E-state index < -0.39 is 5.97 Å². The van der Waals surface area contributed by atoms with Crippen molar-refractivity contribution in [1.29, 1.82) is 0 Å². The van der Waals surface area contributed by atoms with Crippen LogP contribution in [-0.2, 0) is 9.53 Å². The van der Waals surface area contributed by atoms with Crippen LogP contribution in [0, 0.1) is 3.57 Å². The smallest absolute Gasteiger partial charge is 0.339 e. The van der Waals surface area contributed by atoms with E-state index in [1.54, 1.807) is 26.2 Å². The van der Waals surface area contributed by atoms with E-state index in [9.17, 15) is 9.59 Å². The van der Waals surface area contributed by atoms with Gasteiger partial charge in [-0.3, -0.25) is 4.79 Å². The second kappa shape index (κ2) is 7.08. The Morgan fingerprint density at radius 3 is 2.67 bits per heavy atom. The topological polar surface area (TPSA) is 46.6 Å². The van der Waals surface area contributed by atoms with Gasteiger partial charge in [0.2, 0.25) is 5.91 Å². The van der Waals surface area contributed by atoms with Gasteiger partial charge >= 0.3 is 5.97 Å². The van der Waals surface area contributed by atoms with E-state index in [4.69, 9.17) is 4.74 Å². The van der Waals surface area contributed by atoms with Crippen LogP contribution < -0.4 is 0 Å². The minimum atomic E-state index is -0.424. The molecule has 0 atom stereocenters. The first-order chi connectivity index (χ1) is 8.41. The molecular weight excluding hydrogens is 413 g/mol. The van der Waals surface area contributed by atoms with Crippen molar-refractivity contribution in [3.63, 3.8) is 0 Å². The van der Waals surface area contributed by atoms with Gasteiger partial charge in [0, 0.05) is 22.1 Å². The average Bonchev–Trinajstić information content (AvgIpc) is 2.31. The van der Waals surface area contributed by atoms with E-state index in [0.717, 1.165) is 3.57 Å². The molecule has 1 aromatic carbocycles. The normalized spacial score (nSPS) is 10.0. The van der Waals surface area contributed by atoms with Gasteiger partial charge < -0.3 is 9.64 Å². The highest BCUT2D eigenvalue weighted by atomic mass is 127. The molecule has 4 nitrogen and oxygen atoms in total. The predicted octanol–water partition coefficient (Wildman–Crippen LogP) is 2.69. The molecule has 1 amide bonds. The standard InChI is InChI=1S/C12H13BrINO3/c1-15(2)11(16)5-6-18-12(17)9-7-8(14)3-4-10(9)13/h3-4,7H,5-6H2,1-2H3. The lowest BCUT2D eigenvalue weighted by Crippen LogP contribution is -2.23. The average molecular weight is 426 g/mol. The number of carbonyl (C=O) groups is 2. The number of carbonyl (C=O) groups excluding carboxylic acids is 2. The summed E-state index contributed by atoms with van der Waals surface area (Å²) in [4.78, 5) is 24.6. The van der Waals surface area contributed by atoms with Crippen molar-refractivity contribution < 1.29 is 14.3 Å². The Bertz CT molecular complexity index is 463. The van der Waals surface area contributed by atoms with Crippen molar-refractivity contribution >= 4 is 50.4 Å². The van der Waals surface area contributed by atoms with Gasteiger partial charge in [0.25, 0.3) is 0 Å². The van der Waals surface area contributed by atoms with Gasteiger partial charge in [-0.25, -0.2) is 4.79 Å². The quantitative estimate of drug-likeness (QED) is 0.550. The summed E-state index contributed by atoms with van der Waals surface area (Å²) < 4.78 is 6.70.